The highest BCUT2D eigenvalue weighted by atomic mass is 127. The lowest BCUT2D eigenvalue weighted by atomic mass is 10.1. The molecule has 0 saturated carbocycles. The number of rotatable bonds is 4. The molecule has 0 aliphatic heterocycles. The molecule has 2 aromatic carbocycles. The number of furan rings is 1. The Morgan fingerprint density at radius 3 is 2.84 bits per heavy atom. The van der Waals surface area contributed by atoms with Crippen LogP contribution in [0.1, 0.15) is 11.3 Å². The molecule has 0 spiro atoms. The molecule has 0 fully saturated rings. The fraction of sp³-hybridized carbons (Fsp3) is 0.167. The number of guanidine groups is 1. The molecule has 25 heavy (non-hydrogen) atoms. The molecule has 3 rings (SSSR count). The molecular weight excluding hydrogens is 436 g/mol. The van der Waals surface area contributed by atoms with E-state index in [1.54, 1.807) is 13.2 Å². The lowest BCUT2D eigenvalue weighted by Gasteiger charge is -2.07. The van der Waals surface area contributed by atoms with Gasteiger partial charge < -0.3 is 20.2 Å². The van der Waals surface area contributed by atoms with Crippen LogP contribution in [0.5, 0.6) is 5.75 Å². The Labute approximate surface area is 162 Å². The van der Waals surface area contributed by atoms with E-state index in [0.717, 1.165) is 22.4 Å². The first kappa shape index (κ1) is 19.0. The number of nitrogens with zero attached hydrogens (tertiary/aromatic N) is 1. The first-order valence-corrected chi connectivity index (χ1v) is 7.45. The number of nitrogens with two attached hydrogens (primary N) is 1. The Morgan fingerprint density at radius 1 is 1.28 bits per heavy atom. The Bertz CT molecular complexity index is 908. The van der Waals surface area contributed by atoms with E-state index in [4.69, 9.17) is 14.9 Å². The van der Waals surface area contributed by atoms with Crippen LogP contribution in [-0.2, 0) is 6.54 Å². The molecule has 0 bridgehead atoms. The van der Waals surface area contributed by atoms with E-state index in [0.29, 0.717) is 11.3 Å². The Hall–Kier alpha value is -2.29. The fourth-order valence-electron chi connectivity index (χ4n) is 2.44. The van der Waals surface area contributed by atoms with Crippen molar-refractivity contribution in [3.8, 4) is 5.75 Å². The van der Waals surface area contributed by atoms with Gasteiger partial charge in [-0.2, -0.15) is 0 Å². The second kappa shape index (κ2) is 8.19. The molecule has 0 atom stereocenters. The van der Waals surface area contributed by atoms with E-state index in [1.807, 2.05) is 31.2 Å². The standard InChI is InChI=1S/C18H18FN3O2.HI/c1-11-15-8-12(19)6-7-16(15)24-17(11)10-21-18(20)22-13-4-3-5-14(9-13)23-2;/h3-9H,10H2,1-2H3,(H3,20,21,22);1H. The van der Waals surface area contributed by atoms with Crippen LogP contribution >= 0.6 is 24.0 Å². The van der Waals surface area contributed by atoms with Gasteiger partial charge in [0.1, 0.15) is 29.5 Å². The van der Waals surface area contributed by atoms with Crippen molar-refractivity contribution < 1.29 is 13.5 Å². The van der Waals surface area contributed by atoms with Gasteiger partial charge in [-0.1, -0.05) is 6.07 Å². The van der Waals surface area contributed by atoms with Crippen LogP contribution in [-0.4, -0.2) is 13.1 Å². The van der Waals surface area contributed by atoms with Crippen LogP contribution in [0.15, 0.2) is 51.9 Å². The smallest absolute Gasteiger partial charge is 0.193 e. The van der Waals surface area contributed by atoms with Crippen molar-refractivity contribution in [3.05, 3.63) is 59.6 Å². The van der Waals surface area contributed by atoms with E-state index in [1.165, 1.54) is 12.1 Å². The number of nitrogens with one attached hydrogen (secondary N) is 1. The predicted molar refractivity (Wildman–Crippen MR) is 108 cm³/mol. The third kappa shape index (κ3) is 4.41. The molecule has 0 unspecified atom stereocenters. The quantitative estimate of drug-likeness (QED) is 0.347. The summed E-state index contributed by atoms with van der Waals surface area (Å²) in [4.78, 5) is 4.28. The molecule has 3 N–H and O–H groups in total. The first-order chi connectivity index (χ1) is 11.6. The highest BCUT2D eigenvalue weighted by molar-refractivity contribution is 14.0. The molecule has 0 amide bonds. The molecule has 7 heteroatoms. The summed E-state index contributed by atoms with van der Waals surface area (Å²) in [7, 11) is 1.60. The summed E-state index contributed by atoms with van der Waals surface area (Å²) in [6.07, 6.45) is 0. The number of halogens is 2. The van der Waals surface area contributed by atoms with Crippen molar-refractivity contribution in [2.75, 3.05) is 12.4 Å². The number of ether oxygens (including phenoxy) is 1. The van der Waals surface area contributed by atoms with Gasteiger partial charge in [-0.25, -0.2) is 9.38 Å². The van der Waals surface area contributed by atoms with Gasteiger partial charge in [-0.05, 0) is 37.3 Å². The van der Waals surface area contributed by atoms with Crippen molar-refractivity contribution in [3.63, 3.8) is 0 Å². The van der Waals surface area contributed by atoms with Crippen LogP contribution in [0.2, 0.25) is 0 Å². The van der Waals surface area contributed by atoms with Crippen molar-refractivity contribution in [1.82, 2.24) is 0 Å². The van der Waals surface area contributed by atoms with Crippen molar-refractivity contribution >= 4 is 46.6 Å². The Kier molecular flexibility index (Phi) is 6.24. The number of benzene rings is 2. The Morgan fingerprint density at radius 2 is 2.08 bits per heavy atom. The minimum absolute atomic E-state index is 0. The highest BCUT2D eigenvalue weighted by Crippen LogP contribution is 2.26. The number of anilines is 1. The van der Waals surface area contributed by atoms with Gasteiger partial charge in [0.15, 0.2) is 5.96 Å². The number of aliphatic imine (C=N–C) groups is 1. The summed E-state index contributed by atoms with van der Waals surface area (Å²) in [5, 5.41) is 3.74. The SMILES string of the molecule is COc1cccc(NC(N)=NCc2oc3ccc(F)cc3c2C)c1.I. The van der Waals surface area contributed by atoms with Crippen LogP contribution < -0.4 is 15.8 Å². The minimum Gasteiger partial charge on any atom is -0.497 e. The zero-order valence-electron chi connectivity index (χ0n) is 13.9. The van der Waals surface area contributed by atoms with E-state index in [-0.39, 0.29) is 42.3 Å². The maximum absolute atomic E-state index is 13.3. The topological polar surface area (TPSA) is 72.8 Å². The van der Waals surface area contributed by atoms with Crippen molar-refractivity contribution in [1.29, 1.82) is 0 Å². The third-order valence-electron chi connectivity index (χ3n) is 3.73. The molecule has 132 valence electrons. The molecule has 0 saturated heterocycles. The van der Waals surface area contributed by atoms with E-state index >= 15 is 0 Å². The fourth-order valence-corrected chi connectivity index (χ4v) is 2.44. The zero-order chi connectivity index (χ0) is 17.1. The van der Waals surface area contributed by atoms with Gasteiger partial charge in [-0.3, -0.25) is 0 Å². The van der Waals surface area contributed by atoms with Gasteiger partial charge >= 0.3 is 0 Å². The second-order valence-corrected chi connectivity index (χ2v) is 5.35. The van der Waals surface area contributed by atoms with E-state index in [9.17, 15) is 4.39 Å². The molecule has 0 aliphatic rings. The monoisotopic (exact) mass is 455 g/mol. The summed E-state index contributed by atoms with van der Waals surface area (Å²) < 4.78 is 24.2. The molecule has 0 aliphatic carbocycles. The number of hydrogen-bond acceptors (Lipinski definition) is 3. The average Bonchev–Trinajstić information content (AvgIpc) is 2.89. The van der Waals surface area contributed by atoms with Crippen LogP contribution in [0.25, 0.3) is 11.0 Å². The summed E-state index contributed by atoms with van der Waals surface area (Å²) >= 11 is 0. The minimum atomic E-state index is -0.291. The zero-order valence-corrected chi connectivity index (χ0v) is 16.2. The number of hydrogen-bond donors (Lipinski definition) is 2. The van der Waals surface area contributed by atoms with Gasteiger partial charge in [0.2, 0.25) is 0 Å². The lowest BCUT2D eigenvalue weighted by Crippen LogP contribution is -2.22. The molecular formula is C18H19FIN3O2. The number of fused-ring (bicyclic) bond motifs is 1. The van der Waals surface area contributed by atoms with E-state index < -0.39 is 0 Å². The molecule has 1 heterocycles. The molecule has 0 radical (unpaired) electrons. The normalized spacial score (nSPS) is 11.2. The van der Waals surface area contributed by atoms with Gasteiger partial charge in [-0.15, -0.1) is 24.0 Å². The number of methoxy groups -OCH3 is 1. The molecule has 5 nitrogen and oxygen atoms in total. The molecule has 1 aromatic heterocycles. The summed E-state index contributed by atoms with van der Waals surface area (Å²) in [5.41, 5.74) is 8.19. The maximum Gasteiger partial charge on any atom is 0.193 e. The van der Waals surface area contributed by atoms with Crippen molar-refractivity contribution in [2.24, 2.45) is 10.7 Å². The lowest BCUT2D eigenvalue weighted by molar-refractivity contribution is 0.415. The average molecular weight is 455 g/mol. The van der Waals surface area contributed by atoms with Gasteiger partial charge in [0.25, 0.3) is 0 Å². The third-order valence-corrected chi connectivity index (χ3v) is 3.73. The van der Waals surface area contributed by atoms with Crippen LogP contribution in [0, 0.1) is 12.7 Å². The highest BCUT2D eigenvalue weighted by Gasteiger charge is 2.10. The van der Waals surface area contributed by atoms with Gasteiger partial charge in [0, 0.05) is 22.7 Å². The molecule has 3 aromatic rings. The van der Waals surface area contributed by atoms with Gasteiger partial charge in [0.05, 0.1) is 7.11 Å². The Balaban J connectivity index is 0.00000225. The van der Waals surface area contributed by atoms with E-state index in [2.05, 4.69) is 10.3 Å². The van der Waals surface area contributed by atoms with Crippen molar-refractivity contribution in [2.45, 2.75) is 13.5 Å². The second-order valence-electron chi connectivity index (χ2n) is 5.35. The van der Waals surface area contributed by atoms with Crippen LogP contribution in [0.3, 0.4) is 0 Å². The largest absolute Gasteiger partial charge is 0.497 e. The summed E-state index contributed by atoms with van der Waals surface area (Å²) in [6, 6.07) is 11.8. The van der Waals surface area contributed by atoms with Crippen LogP contribution in [0.4, 0.5) is 10.1 Å². The maximum atomic E-state index is 13.3. The first-order valence-electron chi connectivity index (χ1n) is 7.45. The predicted octanol–water partition coefficient (Wildman–Crippen LogP) is 4.43. The summed E-state index contributed by atoms with van der Waals surface area (Å²) in [5.74, 6) is 1.35. The number of aryl methyl sites for hydroxylation is 1. The summed E-state index contributed by atoms with van der Waals surface area (Å²) in [6.45, 7) is 2.15.